The van der Waals surface area contributed by atoms with Crippen LogP contribution in [0.3, 0.4) is 0 Å². The highest BCUT2D eigenvalue weighted by molar-refractivity contribution is 5.80. The molecule has 0 spiro atoms. The number of carbonyl (C=O) groups excluding carboxylic acids is 1. The molecule has 0 bridgehead atoms. The van der Waals surface area contributed by atoms with Crippen molar-refractivity contribution in [2.45, 2.75) is 52.9 Å². The van der Waals surface area contributed by atoms with Crippen LogP contribution >= 0.6 is 0 Å². The fourth-order valence-electron chi connectivity index (χ4n) is 1.44. The van der Waals surface area contributed by atoms with E-state index in [-0.39, 0.29) is 5.92 Å². The molecule has 0 radical (unpaired) electrons. The summed E-state index contributed by atoms with van der Waals surface area (Å²) in [7, 11) is 0. The van der Waals surface area contributed by atoms with E-state index in [0.717, 1.165) is 37.9 Å². The number of unbranched alkanes of at least 4 members (excludes halogenated alkanes) is 1. The van der Waals surface area contributed by atoms with Crippen molar-refractivity contribution in [3.05, 3.63) is 11.9 Å². The van der Waals surface area contributed by atoms with Crippen molar-refractivity contribution in [2.75, 3.05) is 6.54 Å². The van der Waals surface area contributed by atoms with Gasteiger partial charge in [-0.1, -0.05) is 27.2 Å². The number of nitrogens with two attached hydrogens (primary N) is 2. The number of nitrogens with zero attached hydrogens (tertiary/aromatic N) is 1. The lowest BCUT2D eigenvalue weighted by Crippen LogP contribution is -2.27. The summed E-state index contributed by atoms with van der Waals surface area (Å²) in [6, 6.07) is 0. The number of hydrogen-bond donors (Lipinski definition) is 2. The largest absolute Gasteiger partial charge is 0.401 e. The lowest BCUT2D eigenvalue weighted by molar-refractivity contribution is -0.121. The maximum Gasteiger partial charge on any atom is 0.135 e. The van der Waals surface area contributed by atoms with Crippen LogP contribution in [-0.2, 0) is 4.79 Å². The summed E-state index contributed by atoms with van der Waals surface area (Å²) < 4.78 is 0. The highest BCUT2D eigenvalue weighted by atomic mass is 16.1. The predicted molar refractivity (Wildman–Crippen MR) is 71.8 cm³/mol. The molecular formula is C13H27N3O. The van der Waals surface area contributed by atoms with Crippen molar-refractivity contribution < 1.29 is 4.79 Å². The number of hydrogen-bond acceptors (Lipinski definition) is 4. The van der Waals surface area contributed by atoms with Crippen LogP contribution in [0.15, 0.2) is 11.9 Å². The van der Waals surface area contributed by atoms with E-state index in [1.165, 1.54) is 0 Å². The first kappa shape index (κ1) is 16.0. The fraction of sp³-hybridized carbons (Fsp3) is 0.769. The number of carbonyl (C=O) groups is 1. The van der Waals surface area contributed by atoms with Gasteiger partial charge in [-0.05, 0) is 19.3 Å². The Bertz CT molecular complexity index is 249. The number of Topliss-reactive ketones (excluding diaryl/α,β-unsaturated/α-hetero) is 1. The molecule has 0 saturated heterocycles. The lowest BCUT2D eigenvalue weighted by atomic mass is 10.0. The average Bonchev–Trinajstić information content (AvgIpc) is 2.25. The second kappa shape index (κ2) is 9.05. The molecule has 0 aromatic heterocycles. The normalized spacial score (nSPS) is 11.9. The molecule has 0 heterocycles. The minimum atomic E-state index is 0.121. The molecule has 0 aliphatic rings. The molecule has 4 nitrogen and oxygen atoms in total. The highest BCUT2D eigenvalue weighted by Crippen LogP contribution is 2.07. The van der Waals surface area contributed by atoms with Crippen LogP contribution in [0.5, 0.6) is 0 Å². The fourth-order valence-corrected chi connectivity index (χ4v) is 1.44. The SMILES string of the molecule is CCCCN(N)/C=C(\N)CCCC(=O)C(C)C. The van der Waals surface area contributed by atoms with Crippen molar-refractivity contribution >= 4 is 5.78 Å². The van der Waals surface area contributed by atoms with Gasteiger partial charge in [-0.15, -0.1) is 0 Å². The van der Waals surface area contributed by atoms with Gasteiger partial charge in [0.1, 0.15) is 5.78 Å². The first-order valence-electron chi connectivity index (χ1n) is 6.47. The summed E-state index contributed by atoms with van der Waals surface area (Å²) in [6.07, 6.45) is 6.09. The van der Waals surface area contributed by atoms with Crippen molar-refractivity contribution in [3.8, 4) is 0 Å². The van der Waals surface area contributed by atoms with Crippen molar-refractivity contribution in [2.24, 2.45) is 17.5 Å². The average molecular weight is 241 g/mol. The molecule has 0 unspecified atom stereocenters. The molecule has 0 atom stereocenters. The second-order valence-electron chi connectivity index (χ2n) is 4.77. The summed E-state index contributed by atoms with van der Waals surface area (Å²) in [6.45, 7) is 6.79. The van der Waals surface area contributed by atoms with Crippen LogP contribution in [0.1, 0.15) is 52.9 Å². The van der Waals surface area contributed by atoms with Gasteiger partial charge in [0, 0.05) is 30.8 Å². The molecule has 0 saturated carbocycles. The minimum Gasteiger partial charge on any atom is -0.401 e. The van der Waals surface area contributed by atoms with E-state index < -0.39 is 0 Å². The Balaban J connectivity index is 3.80. The van der Waals surface area contributed by atoms with E-state index in [4.69, 9.17) is 11.6 Å². The monoisotopic (exact) mass is 241 g/mol. The summed E-state index contributed by atoms with van der Waals surface area (Å²) in [5, 5.41) is 1.63. The molecule has 0 aromatic rings. The van der Waals surface area contributed by atoms with Gasteiger partial charge < -0.3 is 10.7 Å². The van der Waals surface area contributed by atoms with Gasteiger partial charge >= 0.3 is 0 Å². The third kappa shape index (κ3) is 8.74. The van der Waals surface area contributed by atoms with Crippen molar-refractivity contribution in [3.63, 3.8) is 0 Å². The van der Waals surface area contributed by atoms with Gasteiger partial charge in [-0.2, -0.15) is 0 Å². The van der Waals surface area contributed by atoms with Gasteiger partial charge in [0.15, 0.2) is 0 Å². The Morgan fingerprint density at radius 2 is 1.94 bits per heavy atom. The molecule has 0 rings (SSSR count). The standard InChI is InChI=1S/C13H27N3O/c1-4-5-9-16(15)10-12(14)7-6-8-13(17)11(2)3/h10-11H,4-9,14-15H2,1-3H3/b12-10-. The zero-order chi connectivity index (χ0) is 13.3. The van der Waals surface area contributed by atoms with Gasteiger partial charge in [-0.3, -0.25) is 4.79 Å². The van der Waals surface area contributed by atoms with E-state index in [2.05, 4.69) is 6.92 Å². The van der Waals surface area contributed by atoms with E-state index in [9.17, 15) is 4.79 Å². The maximum absolute atomic E-state index is 11.4. The molecule has 17 heavy (non-hydrogen) atoms. The molecule has 0 aromatic carbocycles. The van der Waals surface area contributed by atoms with Crippen molar-refractivity contribution in [1.29, 1.82) is 0 Å². The summed E-state index contributed by atoms with van der Waals surface area (Å²) in [5.41, 5.74) is 6.59. The van der Waals surface area contributed by atoms with Gasteiger partial charge in [-0.25, -0.2) is 5.84 Å². The summed E-state index contributed by atoms with van der Waals surface area (Å²) >= 11 is 0. The number of hydrazine groups is 1. The molecule has 100 valence electrons. The highest BCUT2D eigenvalue weighted by Gasteiger charge is 2.06. The number of allylic oxidation sites excluding steroid dienone is 1. The molecular weight excluding hydrogens is 214 g/mol. The molecule has 0 fully saturated rings. The minimum absolute atomic E-state index is 0.121. The van der Waals surface area contributed by atoms with Crippen LogP contribution in [0.2, 0.25) is 0 Å². The van der Waals surface area contributed by atoms with Gasteiger partial charge in [0.05, 0.1) is 0 Å². The molecule has 0 amide bonds. The maximum atomic E-state index is 11.4. The smallest absolute Gasteiger partial charge is 0.135 e. The predicted octanol–water partition coefficient (Wildman–Crippen LogP) is 2.16. The second-order valence-corrected chi connectivity index (χ2v) is 4.77. The number of rotatable bonds is 9. The number of ketones is 1. The third-order valence-electron chi connectivity index (χ3n) is 2.63. The van der Waals surface area contributed by atoms with Crippen LogP contribution < -0.4 is 11.6 Å². The summed E-state index contributed by atoms with van der Waals surface area (Å²) in [4.78, 5) is 11.4. The van der Waals surface area contributed by atoms with Crippen LogP contribution in [0, 0.1) is 5.92 Å². The zero-order valence-corrected chi connectivity index (χ0v) is 11.4. The molecule has 0 aliphatic heterocycles. The first-order chi connectivity index (χ1) is 7.97. The van der Waals surface area contributed by atoms with Crippen LogP contribution in [0.25, 0.3) is 0 Å². The molecule has 4 N–H and O–H groups in total. The van der Waals surface area contributed by atoms with E-state index >= 15 is 0 Å². The van der Waals surface area contributed by atoms with Gasteiger partial charge in [0.25, 0.3) is 0 Å². The van der Waals surface area contributed by atoms with E-state index in [1.807, 2.05) is 13.8 Å². The lowest BCUT2D eigenvalue weighted by Gasteiger charge is -2.14. The van der Waals surface area contributed by atoms with Crippen molar-refractivity contribution in [1.82, 2.24) is 5.01 Å². The first-order valence-corrected chi connectivity index (χ1v) is 6.47. The Kier molecular flexibility index (Phi) is 8.50. The van der Waals surface area contributed by atoms with Gasteiger partial charge in [0.2, 0.25) is 0 Å². The topological polar surface area (TPSA) is 72.3 Å². The van der Waals surface area contributed by atoms with E-state index in [1.54, 1.807) is 11.2 Å². The van der Waals surface area contributed by atoms with Crippen LogP contribution in [-0.4, -0.2) is 17.3 Å². The Morgan fingerprint density at radius 1 is 1.29 bits per heavy atom. The Hall–Kier alpha value is -1.03. The molecule has 4 heteroatoms. The summed E-state index contributed by atoms with van der Waals surface area (Å²) in [5.74, 6) is 6.17. The zero-order valence-electron chi connectivity index (χ0n) is 11.4. The van der Waals surface area contributed by atoms with E-state index in [0.29, 0.717) is 12.2 Å². The quantitative estimate of drug-likeness (QED) is 0.479. The van der Waals surface area contributed by atoms with Crippen LogP contribution in [0.4, 0.5) is 0 Å². The Labute approximate surface area is 105 Å². The molecule has 0 aliphatic carbocycles. The third-order valence-corrected chi connectivity index (χ3v) is 2.63. The Morgan fingerprint density at radius 3 is 2.47 bits per heavy atom.